The molecular formula is C23H27N3O3S3. The van der Waals surface area contributed by atoms with Crippen molar-refractivity contribution in [1.82, 2.24) is 9.71 Å². The van der Waals surface area contributed by atoms with E-state index in [1.54, 1.807) is 30.0 Å². The normalized spacial score (nSPS) is 12.5. The second-order valence-electron chi connectivity index (χ2n) is 7.45. The fraction of sp³-hybridized carbons (Fsp3) is 0.304. The predicted molar refractivity (Wildman–Crippen MR) is 133 cm³/mol. The van der Waals surface area contributed by atoms with Gasteiger partial charge in [0.15, 0.2) is 5.13 Å². The number of anilines is 1. The van der Waals surface area contributed by atoms with Gasteiger partial charge in [0, 0.05) is 11.3 Å². The van der Waals surface area contributed by atoms with E-state index in [0.29, 0.717) is 17.3 Å². The molecule has 0 bridgehead atoms. The van der Waals surface area contributed by atoms with Crippen molar-refractivity contribution in [2.75, 3.05) is 17.3 Å². The number of hydrogen-bond acceptors (Lipinski definition) is 6. The Bertz CT molecular complexity index is 1140. The highest BCUT2D eigenvalue weighted by molar-refractivity contribution is 7.98. The van der Waals surface area contributed by atoms with Crippen LogP contribution in [-0.2, 0) is 21.2 Å². The van der Waals surface area contributed by atoms with Gasteiger partial charge in [-0.2, -0.15) is 16.5 Å². The standard InChI is InChI=1S/C23H27N3O3S3/c1-16-9-11-18(12-10-16)15-21-17(2)24-23(31-21)25-22(27)20(13-14-30-3)26-32(28,29)19-7-5-4-6-8-19/h4-12,20,26H,13-15H2,1-3H3,(H,24,25,27). The van der Waals surface area contributed by atoms with Gasteiger partial charge in [0.2, 0.25) is 15.9 Å². The Morgan fingerprint density at radius 2 is 1.78 bits per heavy atom. The number of nitrogens with zero attached hydrogens (tertiary/aromatic N) is 1. The molecule has 0 fully saturated rings. The van der Waals surface area contributed by atoms with Gasteiger partial charge >= 0.3 is 0 Å². The van der Waals surface area contributed by atoms with Gasteiger partial charge in [-0.3, -0.25) is 4.79 Å². The number of carbonyl (C=O) groups excluding carboxylic acids is 1. The monoisotopic (exact) mass is 489 g/mol. The van der Waals surface area contributed by atoms with Gasteiger partial charge in [0.05, 0.1) is 10.6 Å². The van der Waals surface area contributed by atoms with Crippen LogP contribution in [0.1, 0.15) is 28.1 Å². The van der Waals surface area contributed by atoms with Gasteiger partial charge in [0.25, 0.3) is 0 Å². The molecule has 0 aliphatic rings. The van der Waals surface area contributed by atoms with Crippen molar-refractivity contribution in [3.63, 3.8) is 0 Å². The summed E-state index contributed by atoms with van der Waals surface area (Å²) in [5, 5.41) is 3.29. The second kappa shape index (κ2) is 11.1. The molecule has 6 nitrogen and oxygen atoms in total. The van der Waals surface area contributed by atoms with Gasteiger partial charge in [-0.25, -0.2) is 13.4 Å². The van der Waals surface area contributed by atoms with Crippen LogP contribution in [0.4, 0.5) is 5.13 Å². The van der Waals surface area contributed by atoms with Gasteiger partial charge in [-0.15, -0.1) is 11.3 Å². The summed E-state index contributed by atoms with van der Waals surface area (Å²) in [6, 6.07) is 15.5. The van der Waals surface area contributed by atoms with Crippen LogP contribution in [0.3, 0.4) is 0 Å². The van der Waals surface area contributed by atoms with Gasteiger partial charge in [-0.1, -0.05) is 48.0 Å². The maximum absolute atomic E-state index is 13.0. The maximum Gasteiger partial charge on any atom is 0.244 e. The summed E-state index contributed by atoms with van der Waals surface area (Å²) in [5.74, 6) is 0.236. The smallest absolute Gasteiger partial charge is 0.244 e. The first-order chi connectivity index (χ1) is 15.3. The molecule has 3 aromatic rings. The van der Waals surface area contributed by atoms with Crippen molar-refractivity contribution in [1.29, 1.82) is 0 Å². The Hall–Kier alpha value is -2.20. The summed E-state index contributed by atoms with van der Waals surface area (Å²) in [4.78, 5) is 18.6. The number of hydrogen-bond donors (Lipinski definition) is 2. The minimum Gasteiger partial charge on any atom is -0.301 e. The number of aryl methyl sites for hydroxylation is 2. The number of aromatic nitrogens is 1. The number of benzene rings is 2. The SMILES string of the molecule is CSCCC(NS(=O)(=O)c1ccccc1)C(=O)Nc1nc(C)c(Cc2ccc(C)cc2)s1. The van der Waals surface area contributed by atoms with Crippen molar-refractivity contribution < 1.29 is 13.2 Å². The first kappa shape index (κ1) is 24.4. The molecule has 1 amide bonds. The van der Waals surface area contributed by atoms with E-state index in [2.05, 4.69) is 46.2 Å². The zero-order valence-electron chi connectivity index (χ0n) is 18.3. The van der Waals surface area contributed by atoms with E-state index in [-0.39, 0.29) is 4.90 Å². The molecule has 0 radical (unpaired) electrons. The highest BCUT2D eigenvalue weighted by Gasteiger charge is 2.26. The molecule has 0 spiro atoms. The van der Waals surface area contributed by atoms with E-state index in [4.69, 9.17) is 0 Å². The van der Waals surface area contributed by atoms with Crippen LogP contribution in [-0.4, -0.2) is 37.4 Å². The van der Waals surface area contributed by atoms with Crippen molar-refractivity contribution >= 4 is 44.2 Å². The van der Waals surface area contributed by atoms with Crippen molar-refractivity contribution in [3.8, 4) is 0 Å². The molecule has 170 valence electrons. The first-order valence-corrected chi connectivity index (χ1v) is 13.9. The first-order valence-electron chi connectivity index (χ1n) is 10.2. The number of rotatable bonds is 10. The van der Waals surface area contributed by atoms with E-state index in [1.165, 1.54) is 34.6 Å². The lowest BCUT2D eigenvalue weighted by Crippen LogP contribution is -2.44. The molecule has 1 unspecified atom stereocenters. The largest absolute Gasteiger partial charge is 0.301 e. The van der Waals surface area contributed by atoms with E-state index < -0.39 is 22.0 Å². The van der Waals surface area contributed by atoms with Crippen LogP contribution in [0.2, 0.25) is 0 Å². The maximum atomic E-state index is 13.0. The third kappa shape index (κ3) is 6.65. The minimum atomic E-state index is -3.81. The van der Waals surface area contributed by atoms with E-state index in [9.17, 15) is 13.2 Å². The summed E-state index contributed by atoms with van der Waals surface area (Å²) in [6.07, 6.45) is 3.03. The Balaban J connectivity index is 1.72. The summed E-state index contributed by atoms with van der Waals surface area (Å²) in [6.45, 7) is 3.97. The van der Waals surface area contributed by atoms with Gasteiger partial charge in [0.1, 0.15) is 6.04 Å². The number of sulfonamides is 1. The topological polar surface area (TPSA) is 88.2 Å². The van der Waals surface area contributed by atoms with Crippen LogP contribution < -0.4 is 10.0 Å². The average molecular weight is 490 g/mol. The highest BCUT2D eigenvalue weighted by atomic mass is 32.2. The van der Waals surface area contributed by atoms with E-state index in [1.807, 2.05) is 13.2 Å². The molecule has 2 N–H and O–H groups in total. The molecular weight excluding hydrogens is 462 g/mol. The lowest BCUT2D eigenvalue weighted by molar-refractivity contribution is -0.117. The molecule has 9 heteroatoms. The number of amides is 1. The van der Waals surface area contributed by atoms with Gasteiger partial charge < -0.3 is 5.32 Å². The lowest BCUT2D eigenvalue weighted by Gasteiger charge is -2.17. The molecule has 0 aliphatic carbocycles. The second-order valence-corrected chi connectivity index (χ2v) is 11.2. The molecule has 1 aromatic heterocycles. The fourth-order valence-electron chi connectivity index (χ4n) is 3.06. The van der Waals surface area contributed by atoms with Crippen LogP contribution in [0, 0.1) is 13.8 Å². The van der Waals surface area contributed by atoms with Crippen molar-refractivity contribution in [3.05, 3.63) is 76.3 Å². The summed E-state index contributed by atoms with van der Waals surface area (Å²) < 4.78 is 28.0. The molecule has 3 rings (SSSR count). The van der Waals surface area contributed by atoms with Crippen molar-refractivity contribution in [2.24, 2.45) is 0 Å². The quantitative estimate of drug-likeness (QED) is 0.441. The van der Waals surface area contributed by atoms with Crippen LogP contribution in [0.25, 0.3) is 0 Å². The Labute approximate surface area is 197 Å². The number of thioether (sulfide) groups is 1. The predicted octanol–water partition coefficient (Wildman–Crippen LogP) is 4.39. The number of nitrogens with one attached hydrogen (secondary N) is 2. The molecule has 0 aliphatic heterocycles. The Morgan fingerprint density at radius 1 is 1.09 bits per heavy atom. The molecule has 0 saturated carbocycles. The zero-order chi connectivity index (χ0) is 23.1. The van der Waals surface area contributed by atoms with Crippen LogP contribution in [0.5, 0.6) is 0 Å². The summed E-state index contributed by atoms with van der Waals surface area (Å²) >= 11 is 2.97. The molecule has 0 saturated heterocycles. The Morgan fingerprint density at radius 3 is 2.44 bits per heavy atom. The number of thiazole rings is 1. The number of carbonyl (C=O) groups is 1. The third-order valence-corrected chi connectivity index (χ3v) is 8.09. The molecule has 1 heterocycles. The van der Waals surface area contributed by atoms with Crippen LogP contribution >= 0.6 is 23.1 Å². The molecule has 1 atom stereocenters. The highest BCUT2D eigenvalue weighted by Crippen LogP contribution is 2.26. The fourth-order valence-corrected chi connectivity index (χ4v) is 5.79. The molecule has 32 heavy (non-hydrogen) atoms. The van der Waals surface area contributed by atoms with Gasteiger partial charge in [-0.05, 0) is 50.0 Å². The van der Waals surface area contributed by atoms with Crippen molar-refractivity contribution in [2.45, 2.75) is 37.6 Å². The summed E-state index contributed by atoms with van der Waals surface area (Å²) in [7, 11) is -3.81. The summed E-state index contributed by atoms with van der Waals surface area (Å²) in [5.41, 5.74) is 3.24. The third-order valence-electron chi connectivity index (χ3n) is 4.89. The van der Waals surface area contributed by atoms with E-state index >= 15 is 0 Å². The zero-order valence-corrected chi connectivity index (χ0v) is 20.7. The lowest BCUT2D eigenvalue weighted by atomic mass is 10.1. The van der Waals surface area contributed by atoms with E-state index in [0.717, 1.165) is 17.0 Å². The Kier molecular flexibility index (Phi) is 8.47. The molecule has 2 aromatic carbocycles. The minimum absolute atomic E-state index is 0.132. The average Bonchev–Trinajstić information content (AvgIpc) is 3.11. The van der Waals surface area contributed by atoms with Crippen LogP contribution in [0.15, 0.2) is 59.5 Å².